The summed E-state index contributed by atoms with van der Waals surface area (Å²) in [7, 11) is 1.64. The Labute approximate surface area is 163 Å². The molecule has 0 saturated heterocycles. The second kappa shape index (κ2) is 9.61. The van der Waals surface area contributed by atoms with Crippen molar-refractivity contribution in [2.24, 2.45) is 5.10 Å². The lowest BCUT2D eigenvalue weighted by Gasteiger charge is -2.05. The average molecular weight is 379 g/mol. The summed E-state index contributed by atoms with van der Waals surface area (Å²) in [6.45, 7) is 1.20. The van der Waals surface area contributed by atoms with Crippen LogP contribution in [0.2, 0.25) is 0 Å². The van der Waals surface area contributed by atoms with Crippen LogP contribution in [0.25, 0.3) is 16.9 Å². The Morgan fingerprint density at radius 3 is 2.56 bits per heavy atom. The maximum atomic E-state index is 5.18. The lowest BCUT2D eigenvalue weighted by molar-refractivity contribution is 0.204. The standard InChI is InChI=1S/C20H21N5OS/c1-26-13-12-21-20(27)23-22-14-17-15-25(18-10-6-3-7-11-18)24-19(17)16-8-4-2-5-9-16/h2-11,14-15H,12-13H2,1H3,(H2,21,23,27)/b22-14-. The molecule has 3 rings (SSSR count). The van der Waals surface area contributed by atoms with Gasteiger partial charge in [-0.2, -0.15) is 10.2 Å². The van der Waals surface area contributed by atoms with Crippen molar-refractivity contribution in [2.45, 2.75) is 0 Å². The van der Waals surface area contributed by atoms with E-state index in [1.165, 1.54) is 0 Å². The van der Waals surface area contributed by atoms with E-state index in [0.717, 1.165) is 22.5 Å². The Balaban J connectivity index is 1.81. The molecule has 138 valence electrons. The minimum atomic E-state index is 0.444. The SMILES string of the molecule is COCCNC(=S)N/N=C\c1cn(-c2ccccc2)nc1-c1ccccc1. The Kier molecular flexibility index (Phi) is 6.67. The van der Waals surface area contributed by atoms with Crippen LogP contribution >= 0.6 is 12.2 Å². The van der Waals surface area contributed by atoms with Crippen molar-refractivity contribution in [3.8, 4) is 16.9 Å². The molecule has 0 spiro atoms. The lowest BCUT2D eigenvalue weighted by Crippen LogP contribution is -2.34. The normalized spacial score (nSPS) is 10.9. The highest BCUT2D eigenvalue weighted by Crippen LogP contribution is 2.22. The molecule has 0 unspecified atom stereocenters. The quantitative estimate of drug-likeness (QED) is 0.286. The van der Waals surface area contributed by atoms with Gasteiger partial charge in [-0.05, 0) is 24.4 Å². The molecule has 2 N–H and O–H groups in total. The summed E-state index contributed by atoms with van der Waals surface area (Å²) in [5, 5.41) is 12.4. The van der Waals surface area contributed by atoms with Crippen molar-refractivity contribution in [1.82, 2.24) is 20.5 Å². The zero-order valence-corrected chi connectivity index (χ0v) is 15.8. The number of thiocarbonyl (C=S) groups is 1. The van der Waals surface area contributed by atoms with E-state index < -0.39 is 0 Å². The summed E-state index contributed by atoms with van der Waals surface area (Å²) in [5.41, 5.74) is 6.56. The number of methoxy groups -OCH3 is 1. The van der Waals surface area contributed by atoms with E-state index in [0.29, 0.717) is 18.3 Å². The maximum absolute atomic E-state index is 5.18. The van der Waals surface area contributed by atoms with Crippen LogP contribution in [0.1, 0.15) is 5.56 Å². The molecule has 2 aromatic carbocycles. The largest absolute Gasteiger partial charge is 0.383 e. The van der Waals surface area contributed by atoms with Gasteiger partial charge < -0.3 is 10.1 Å². The van der Waals surface area contributed by atoms with Gasteiger partial charge in [0.25, 0.3) is 0 Å². The van der Waals surface area contributed by atoms with Gasteiger partial charge in [0.05, 0.1) is 18.5 Å². The number of hydrogen-bond acceptors (Lipinski definition) is 4. The third-order valence-electron chi connectivity index (χ3n) is 3.77. The van der Waals surface area contributed by atoms with E-state index in [9.17, 15) is 0 Å². The van der Waals surface area contributed by atoms with Gasteiger partial charge in [-0.25, -0.2) is 4.68 Å². The van der Waals surface area contributed by atoms with Crippen LogP contribution in [0.15, 0.2) is 72.0 Å². The molecule has 0 atom stereocenters. The molecule has 0 saturated carbocycles. The van der Waals surface area contributed by atoms with Crippen LogP contribution in [0.5, 0.6) is 0 Å². The number of hydrogen-bond donors (Lipinski definition) is 2. The first-order valence-corrected chi connectivity index (χ1v) is 8.95. The fourth-order valence-corrected chi connectivity index (χ4v) is 2.64. The van der Waals surface area contributed by atoms with Crippen LogP contribution in [0.4, 0.5) is 0 Å². The van der Waals surface area contributed by atoms with Gasteiger partial charge in [-0.1, -0.05) is 48.5 Å². The van der Waals surface area contributed by atoms with Crippen molar-refractivity contribution in [3.05, 3.63) is 72.4 Å². The minimum Gasteiger partial charge on any atom is -0.383 e. The third-order valence-corrected chi connectivity index (χ3v) is 4.01. The van der Waals surface area contributed by atoms with Gasteiger partial charge >= 0.3 is 0 Å². The van der Waals surface area contributed by atoms with Gasteiger partial charge in [-0.15, -0.1) is 0 Å². The second-order valence-electron chi connectivity index (χ2n) is 5.70. The summed E-state index contributed by atoms with van der Waals surface area (Å²) < 4.78 is 6.82. The summed E-state index contributed by atoms with van der Waals surface area (Å²) in [6, 6.07) is 20.0. The monoisotopic (exact) mass is 379 g/mol. The Morgan fingerprint density at radius 1 is 1.15 bits per heavy atom. The van der Waals surface area contributed by atoms with Crippen LogP contribution in [0.3, 0.4) is 0 Å². The van der Waals surface area contributed by atoms with E-state index in [1.807, 2.05) is 71.5 Å². The Bertz CT molecular complexity index is 893. The van der Waals surface area contributed by atoms with Gasteiger partial charge in [0.2, 0.25) is 0 Å². The molecule has 1 heterocycles. The highest BCUT2D eigenvalue weighted by atomic mass is 32.1. The number of aromatic nitrogens is 2. The third kappa shape index (κ3) is 5.22. The van der Waals surface area contributed by atoms with E-state index in [1.54, 1.807) is 13.3 Å². The number of para-hydroxylation sites is 1. The Hall–Kier alpha value is -3.03. The summed E-state index contributed by atoms with van der Waals surface area (Å²) >= 11 is 5.18. The molecule has 3 aromatic rings. The molecular weight excluding hydrogens is 358 g/mol. The first-order valence-electron chi connectivity index (χ1n) is 8.54. The molecular formula is C20H21N5OS. The van der Waals surface area contributed by atoms with Gasteiger partial charge in [0.1, 0.15) is 5.69 Å². The molecule has 0 aliphatic carbocycles. The first-order chi connectivity index (χ1) is 13.3. The predicted molar refractivity (Wildman–Crippen MR) is 112 cm³/mol. The first kappa shape index (κ1) is 18.8. The van der Waals surface area contributed by atoms with Gasteiger partial charge in [0, 0.05) is 31.0 Å². The fourth-order valence-electron chi connectivity index (χ4n) is 2.48. The molecule has 1 aromatic heterocycles. The zero-order valence-electron chi connectivity index (χ0n) is 15.0. The summed E-state index contributed by atoms with van der Waals surface area (Å²) in [5.74, 6) is 0. The topological polar surface area (TPSA) is 63.5 Å². The molecule has 6 nitrogen and oxygen atoms in total. The number of nitrogens with one attached hydrogen (secondary N) is 2. The van der Waals surface area contributed by atoms with Crippen LogP contribution in [-0.2, 0) is 4.74 Å². The van der Waals surface area contributed by atoms with Crippen LogP contribution in [0, 0.1) is 0 Å². The zero-order chi connectivity index (χ0) is 18.9. The molecule has 0 aliphatic rings. The smallest absolute Gasteiger partial charge is 0.187 e. The predicted octanol–water partition coefficient (Wildman–Crippen LogP) is 2.98. The molecule has 27 heavy (non-hydrogen) atoms. The molecule has 0 aliphatic heterocycles. The number of benzene rings is 2. The molecule has 0 radical (unpaired) electrons. The van der Waals surface area contributed by atoms with Gasteiger partial charge in [-0.3, -0.25) is 5.43 Å². The summed E-state index contributed by atoms with van der Waals surface area (Å²) in [6.07, 6.45) is 3.67. The molecule has 0 bridgehead atoms. The number of hydrazone groups is 1. The summed E-state index contributed by atoms with van der Waals surface area (Å²) in [4.78, 5) is 0. The Morgan fingerprint density at radius 2 is 1.85 bits per heavy atom. The van der Waals surface area contributed by atoms with E-state index >= 15 is 0 Å². The van der Waals surface area contributed by atoms with Gasteiger partial charge in [0.15, 0.2) is 5.11 Å². The van der Waals surface area contributed by atoms with Crippen molar-refractivity contribution in [3.63, 3.8) is 0 Å². The second-order valence-corrected chi connectivity index (χ2v) is 6.11. The van der Waals surface area contributed by atoms with Crippen LogP contribution in [-0.4, -0.2) is 41.4 Å². The highest BCUT2D eigenvalue weighted by Gasteiger charge is 2.10. The van der Waals surface area contributed by atoms with Crippen molar-refractivity contribution < 1.29 is 4.74 Å². The van der Waals surface area contributed by atoms with Crippen molar-refractivity contribution in [2.75, 3.05) is 20.3 Å². The van der Waals surface area contributed by atoms with E-state index in [-0.39, 0.29) is 0 Å². The number of rotatable bonds is 7. The average Bonchev–Trinajstić information content (AvgIpc) is 3.14. The van der Waals surface area contributed by atoms with Crippen molar-refractivity contribution >= 4 is 23.5 Å². The van der Waals surface area contributed by atoms with Crippen LogP contribution < -0.4 is 10.7 Å². The highest BCUT2D eigenvalue weighted by molar-refractivity contribution is 7.80. The number of nitrogens with zero attached hydrogens (tertiary/aromatic N) is 3. The molecule has 0 fully saturated rings. The number of ether oxygens (including phenoxy) is 1. The van der Waals surface area contributed by atoms with E-state index in [2.05, 4.69) is 15.8 Å². The lowest BCUT2D eigenvalue weighted by atomic mass is 10.1. The minimum absolute atomic E-state index is 0.444. The maximum Gasteiger partial charge on any atom is 0.187 e. The van der Waals surface area contributed by atoms with Crippen molar-refractivity contribution in [1.29, 1.82) is 0 Å². The van der Waals surface area contributed by atoms with E-state index in [4.69, 9.17) is 22.1 Å². The molecule has 7 heteroatoms. The molecule has 0 amide bonds. The fraction of sp³-hybridized carbons (Fsp3) is 0.150.